The summed E-state index contributed by atoms with van der Waals surface area (Å²) in [7, 11) is 1.94. The molecule has 2 aromatic carbocycles. The second kappa shape index (κ2) is 7.88. The van der Waals surface area contributed by atoms with Gasteiger partial charge < -0.3 is 9.15 Å². The molecule has 3 aromatic rings. The van der Waals surface area contributed by atoms with Crippen LogP contribution < -0.4 is 10.4 Å². The van der Waals surface area contributed by atoms with Gasteiger partial charge in [0.25, 0.3) is 0 Å². The van der Waals surface area contributed by atoms with Crippen LogP contribution in [-0.2, 0) is 13.1 Å². The van der Waals surface area contributed by atoms with E-state index in [0.717, 1.165) is 27.6 Å². The Labute approximate surface area is 156 Å². The van der Waals surface area contributed by atoms with Crippen LogP contribution in [0.15, 0.2) is 51.7 Å². The van der Waals surface area contributed by atoms with E-state index in [1.807, 2.05) is 37.9 Å². The number of hydrogen-bond donors (Lipinski definition) is 0. The van der Waals surface area contributed by atoms with Crippen molar-refractivity contribution in [3.8, 4) is 5.75 Å². The summed E-state index contributed by atoms with van der Waals surface area (Å²) < 4.78 is 34.2. The van der Waals surface area contributed by atoms with E-state index in [4.69, 9.17) is 4.42 Å². The minimum Gasteiger partial charge on any atom is -0.435 e. The van der Waals surface area contributed by atoms with Gasteiger partial charge in [-0.2, -0.15) is 8.78 Å². The van der Waals surface area contributed by atoms with Crippen molar-refractivity contribution in [2.75, 3.05) is 7.05 Å². The van der Waals surface area contributed by atoms with E-state index in [1.54, 1.807) is 12.1 Å². The quantitative estimate of drug-likeness (QED) is 0.590. The van der Waals surface area contributed by atoms with Gasteiger partial charge in [0.1, 0.15) is 11.3 Å². The molecule has 0 amide bonds. The van der Waals surface area contributed by atoms with Crippen molar-refractivity contribution in [1.29, 1.82) is 0 Å². The van der Waals surface area contributed by atoms with Crippen LogP contribution in [-0.4, -0.2) is 18.6 Å². The van der Waals surface area contributed by atoms with E-state index in [9.17, 15) is 13.6 Å². The molecule has 142 valence electrons. The Balaban J connectivity index is 1.79. The Bertz CT molecular complexity index is 997. The molecule has 0 spiro atoms. The highest BCUT2D eigenvalue weighted by Crippen LogP contribution is 2.24. The first kappa shape index (κ1) is 19.0. The van der Waals surface area contributed by atoms with E-state index >= 15 is 0 Å². The van der Waals surface area contributed by atoms with Gasteiger partial charge >= 0.3 is 12.2 Å². The molecule has 0 radical (unpaired) electrons. The van der Waals surface area contributed by atoms with E-state index in [-0.39, 0.29) is 11.4 Å². The van der Waals surface area contributed by atoms with Crippen molar-refractivity contribution in [3.63, 3.8) is 0 Å². The smallest absolute Gasteiger partial charge is 0.387 e. The summed E-state index contributed by atoms with van der Waals surface area (Å²) in [5.41, 5.74) is 4.14. The lowest BCUT2D eigenvalue weighted by atomic mass is 10.0. The highest BCUT2D eigenvalue weighted by atomic mass is 19.3. The van der Waals surface area contributed by atoms with Crippen molar-refractivity contribution in [3.05, 3.63) is 75.1 Å². The molecule has 0 aliphatic heterocycles. The zero-order valence-electron chi connectivity index (χ0n) is 15.5. The number of aryl methyl sites for hydroxylation is 2. The van der Waals surface area contributed by atoms with Crippen molar-refractivity contribution in [1.82, 2.24) is 4.90 Å². The summed E-state index contributed by atoms with van der Waals surface area (Å²) in [5, 5.41) is 0.922. The van der Waals surface area contributed by atoms with Gasteiger partial charge in [-0.25, -0.2) is 4.79 Å². The molecule has 1 aromatic heterocycles. The number of halogens is 2. The Kier molecular flexibility index (Phi) is 5.56. The molecule has 0 saturated carbocycles. The molecular weight excluding hydrogens is 352 g/mol. The van der Waals surface area contributed by atoms with Crippen molar-refractivity contribution >= 4 is 11.0 Å². The third-order valence-corrected chi connectivity index (χ3v) is 4.56. The lowest BCUT2D eigenvalue weighted by molar-refractivity contribution is -0.0498. The number of nitrogens with zero attached hydrogens (tertiary/aromatic N) is 1. The van der Waals surface area contributed by atoms with Crippen molar-refractivity contribution in [2.24, 2.45) is 0 Å². The molecule has 27 heavy (non-hydrogen) atoms. The zero-order chi connectivity index (χ0) is 19.6. The first-order valence-corrected chi connectivity index (χ1v) is 8.58. The van der Waals surface area contributed by atoms with Crippen LogP contribution in [0.2, 0.25) is 0 Å². The predicted octanol–water partition coefficient (Wildman–Crippen LogP) is 4.64. The number of rotatable bonds is 6. The topological polar surface area (TPSA) is 42.7 Å². The highest BCUT2D eigenvalue weighted by Gasteiger charge is 2.12. The lowest BCUT2D eigenvalue weighted by Gasteiger charge is -2.18. The summed E-state index contributed by atoms with van der Waals surface area (Å²) in [6.07, 6.45) is 0. The number of hydrogen-bond acceptors (Lipinski definition) is 4. The monoisotopic (exact) mass is 373 g/mol. The average Bonchev–Trinajstić information content (AvgIpc) is 2.60. The zero-order valence-corrected chi connectivity index (χ0v) is 15.5. The molecule has 0 atom stereocenters. The third kappa shape index (κ3) is 4.52. The normalized spacial score (nSPS) is 11.5. The van der Waals surface area contributed by atoms with Gasteiger partial charge in [0.15, 0.2) is 0 Å². The minimum atomic E-state index is -2.83. The highest BCUT2D eigenvalue weighted by molar-refractivity contribution is 5.83. The van der Waals surface area contributed by atoms with E-state index in [1.165, 1.54) is 18.2 Å². The van der Waals surface area contributed by atoms with Crippen molar-refractivity contribution in [2.45, 2.75) is 33.5 Å². The molecule has 0 fully saturated rings. The fourth-order valence-electron chi connectivity index (χ4n) is 3.09. The van der Waals surface area contributed by atoms with Gasteiger partial charge in [0.05, 0.1) is 0 Å². The molecule has 6 heteroatoms. The fraction of sp³-hybridized carbons (Fsp3) is 0.286. The van der Waals surface area contributed by atoms with Gasteiger partial charge in [-0.3, -0.25) is 4.90 Å². The molecule has 3 rings (SSSR count). The summed E-state index contributed by atoms with van der Waals surface area (Å²) in [5.74, 6) is 0.133. The van der Waals surface area contributed by atoms with Crippen LogP contribution in [0.5, 0.6) is 5.75 Å². The van der Waals surface area contributed by atoms with Crippen LogP contribution in [0, 0.1) is 13.8 Å². The minimum absolute atomic E-state index is 0.133. The largest absolute Gasteiger partial charge is 0.435 e. The van der Waals surface area contributed by atoms with Gasteiger partial charge in [-0.15, -0.1) is 0 Å². The number of benzene rings is 2. The molecule has 0 N–H and O–H groups in total. The maximum absolute atomic E-state index is 12.2. The number of ether oxygens (including phenoxy) is 1. The molecular formula is C21H21F2NO3. The first-order chi connectivity index (χ1) is 12.8. The molecule has 0 aliphatic rings. The van der Waals surface area contributed by atoms with Crippen LogP contribution in [0.3, 0.4) is 0 Å². The summed E-state index contributed by atoms with van der Waals surface area (Å²) >= 11 is 0. The maximum Gasteiger partial charge on any atom is 0.387 e. The molecule has 0 bridgehead atoms. The van der Waals surface area contributed by atoms with Gasteiger partial charge in [0.2, 0.25) is 0 Å². The second-order valence-electron chi connectivity index (χ2n) is 6.67. The fourth-order valence-corrected chi connectivity index (χ4v) is 3.09. The Morgan fingerprint density at radius 1 is 1.07 bits per heavy atom. The SMILES string of the molecule is Cc1ccc2c(CN(C)Cc3ccc(OC(F)F)cc3)cc(=O)oc2c1C. The molecule has 0 aliphatic carbocycles. The summed E-state index contributed by atoms with van der Waals surface area (Å²) in [4.78, 5) is 14.0. The average molecular weight is 373 g/mol. The number of alkyl halides is 2. The Morgan fingerprint density at radius 2 is 1.78 bits per heavy atom. The first-order valence-electron chi connectivity index (χ1n) is 8.58. The van der Waals surface area contributed by atoms with Crippen LogP contribution in [0.1, 0.15) is 22.3 Å². The maximum atomic E-state index is 12.2. The number of fused-ring (bicyclic) bond motifs is 1. The molecule has 4 nitrogen and oxygen atoms in total. The van der Waals surface area contributed by atoms with E-state index in [2.05, 4.69) is 4.74 Å². The summed E-state index contributed by atoms with van der Waals surface area (Å²) in [6, 6.07) is 12.1. The van der Waals surface area contributed by atoms with Gasteiger partial charge in [-0.1, -0.05) is 24.3 Å². The van der Waals surface area contributed by atoms with Crippen LogP contribution in [0.25, 0.3) is 11.0 Å². The van der Waals surface area contributed by atoms with Crippen LogP contribution in [0.4, 0.5) is 8.78 Å². The van der Waals surface area contributed by atoms with Gasteiger partial charge in [0, 0.05) is 24.5 Å². The second-order valence-corrected chi connectivity index (χ2v) is 6.67. The lowest BCUT2D eigenvalue weighted by Crippen LogP contribution is -2.18. The standard InChI is InChI=1S/C21H21F2NO3/c1-13-4-9-18-16(10-19(25)27-20(18)14(13)2)12-24(3)11-15-5-7-17(8-6-15)26-21(22)23/h4-10,21H,11-12H2,1-3H3. The van der Waals surface area contributed by atoms with Gasteiger partial charge in [-0.05, 0) is 55.3 Å². The molecule has 0 unspecified atom stereocenters. The van der Waals surface area contributed by atoms with E-state index in [0.29, 0.717) is 18.7 Å². The summed E-state index contributed by atoms with van der Waals surface area (Å²) in [6.45, 7) is 2.25. The Morgan fingerprint density at radius 3 is 2.44 bits per heavy atom. The van der Waals surface area contributed by atoms with E-state index < -0.39 is 6.61 Å². The Hall–Kier alpha value is -2.73. The van der Waals surface area contributed by atoms with Crippen molar-refractivity contribution < 1.29 is 17.9 Å². The predicted molar refractivity (Wildman–Crippen MR) is 100 cm³/mol. The van der Waals surface area contributed by atoms with Crippen LogP contribution >= 0.6 is 0 Å². The molecule has 0 saturated heterocycles. The molecule has 1 heterocycles. The third-order valence-electron chi connectivity index (χ3n) is 4.56.